The van der Waals surface area contributed by atoms with Crippen LogP contribution in [0.3, 0.4) is 0 Å². The molecule has 5 aliphatic rings. The molecule has 0 radical (unpaired) electrons. The monoisotopic (exact) mass is 732 g/mol. The molecule has 2 aliphatic heterocycles. The molecule has 6 heteroatoms. The van der Waals surface area contributed by atoms with E-state index in [1.807, 2.05) is 0 Å². The zero-order chi connectivity index (χ0) is 36.9. The second-order valence-electron chi connectivity index (χ2n) is 17.4. The van der Waals surface area contributed by atoms with E-state index < -0.39 is 0 Å². The van der Waals surface area contributed by atoms with Crippen molar-refractivity contribution in [3.05, 3.63) is 95.1 Å². The Balaban J connectivity index is 0.924. The lowest BCUT2D eigenvalue weighted by Crippen LogP contribution is -2.69. The van der Waals surface area contributed by atoms with Gasteiger partial charge in [-0.25, -0.2) is 0 Å². The molecule has 290 valence electrons. The standard InChI is InChI=1S/C48H64N2O4/c1-53-43-28-25-37-32-41-39-26-27-40(47-48(39,45(37)46(43)54-47)29-31-49(41)34-38-33-42(38)51)50(30-17-16-23-36-21-13-9-14-22-36)44(52)24-15-7-5-3-2-4-6-10-18-35-19-11-8-12-20-35/h8-9,11-14,19-22,25,28,38-42,47,51H,2-7,10,15-18,23-24,26-27,29-34H2,1H3/t38?,39-,40+,41+,42?,47-,48-/m0/s1. The minimum absolute atomic E-state index is 0.0438. The van der Waals surface area contributed by atoms with Gasteiger partial charge in [0.15, 0.2) is 11.5 Å². The summed E-state index contributed by atoms with van der Waals surface area (Å²) in [6.07, 6.45) is 19.7. The number of amides is 1. The van der Waals surface area contributed by atoms with Gasteiger partial charge >= 0.3 is 0 Å². The molecule has 1 N–H and O–H groups in total. The number of aliphatic hydroxyl groups excluding tert-OH is 1. The van der Waals surface area contributed by atoms with E-state index in [0.717, 1.165) is 95.3 Å². The third-order valence-corrected chi connectivity index (χ3v) is 14.1. The van der Waals surface area contributed by atoms with Gasteiger partial charge in [0, 0.05) is 42.4 Å². The topological polar surface area (TPSA) is 62.2 Å². The number of aliphatic hydroxyl groups is 1. The molecule has 1 saturated heterocycles. The number of carbonyl (C=O) groups is 1. The minimum atomic E-state index is -0.123. The van der Waals surface area contributed by atoms with Gasteiger partial charge in [0.2, 0.25) is 5.91 Å². The number of nitrogens with zero attached hydrogens (tertiary/aromatic N) is 2. The smallest absolute Gasteiger partial charge is 0.222 e. The first kappa shape index (κ1) is 37.6. The van der Waals surface area contributed by atoms with Crippen LogP contribution in [0, 0.1) is 11.8 Å². The predicted molar refractivity (Wildman–Crippen MR) is 216 cm³/mol. The highest BCUT2D eigenvalue weighted by Crippen LogP contribution is 2.64. The zero-order valence-electron chi connectivity index (χ0n) is 32.8. The number of hydrogen-bond acceptors (Lipinski definition) is 5. The van der Waals surface area contributed by atoms with Gasteiger partial charge in [0.1, 0.15) is 6.10 Å². The van der Waals surface area contributed by atoms with Crippen molar-refractivity contribution in [1.82, 2.24) is 9.80 Å². The highest BCUT2D eigenvalue weighted by molar-refractivity contribution is 5.77. The van der Waals surface area contributed by atoms with Gasteiger partial charge < -0.3 is 19.5 Å². The first-order valence-corrected chi connectivity index (χ1v) is 21.7. The third-order valence-electron chi connectivity index (χ3n) is 14.1. The highest BCUT2D eigenvalue weighted by Gasteiger charge is 2.67. The number of methoxy groups -OCH3 is 1. The number of benzene rings is 3. The minimum Gasteiger partial charge on any atom is -0.493 e. The maximum Gasteiger partial charge on any atom is 0.222 e. The normalized spacial score (nSPS) is 27.6. The van der Waals surface area contributed by atoms with Gasteiger partial charge in [0.25, 0.3) is 0 Å². The van der Waals surface area contributed by atoms with Crippen LogP contribution in [-0.4, -0.2) is 71.8 Å². The Morgan fingerprint density at radius 2 is 1.50 bits per heavy atom. The average molecular weight is 733 g/mol. The summed E-state index contributed by atoms with van der Waals surface area (Å²) in [5, 5.41) is 10.3. The Labute approximate surface area is 324 Å². The van der Waals surface area contributed by atoms with Gasteiger partial charge in [-0.2, -0.15) is 0 Å². The molecule has 6 nitrogen and oxygen atoms in total. The number of aryl methyl sites for hydroxylation is 2. The Morgan fingerprint density at radius 1 is 0.852 bits per heavy atom. The number of piperidine rings is 1. The first-order valence-electron chi connectivity index (χ1n) is 21.7. The Kier molecular flexibility index (Phi) is 12.0. The van der Waals surface area contributed by atoms with Gasteiger partial charge in [-0.05, 0) is 106 Å². The lowest BCUT2D eigenvalue weighted by molar-refractivity contribution is -0.143. The third kappa shape index (κ3) is 7.85. The summed E-state index contributed by atoms with van der Waals surface area (Å²) in [6.45, 7) is 2.84. The molecule has 3 fully saturated rings. The lowest BCUT2D eigenvalue weighted by Gasteiger charge is -2.60. The Morgan fingerprint density at radius 3 is 2.17 bits per heavy atom. The maximum absolute atomic E-state index is 14.5. The van der Waals surface area contributed by atoms with Crippen molar-refractivity contribution in [2.45, 2.75) is 145 Å². The van der Waals surface area contributed by atoms with Crippen LogP contribution in [0.25, 0.3) is 0 Å². The molecule has 2 bridgehead atoms. The Bertz CT molecular complexity index is 1680. The number of likely N-dealkylation sites (tertiary alicyclic amines) is 1. The number of ether oxygens (including phenoxy) is 2. The fraction of sp³-hybridized carbons (Fsp3) is 0.604. The Hall–Kier alpha value is -3.35. The summed E-state index contributed by atoms with van der Waals surface area (Å²) >= 11 is 0. The quantitative estimate of drug-likeness (QED) is 0.118. The fourth-order valence-electron chi connectivity index (χ4n) is 11.2. The van der Waals surface area contributed by atoms with E-state index in [0.29, 0.717) is 30.2 Å². The van der Waals surface area contributed by atoms with Gasteiger partial charge in [0.05, 0.1) is 19.3 Å². The van der Waals surface area contributed by atoms with Crippen LogP contribution in [0.5, 0.6) is 11.5 Å². The van der Waals surface area contributed by atoms with Crippen molar-refractivity contribution in [3.8, 4) is 11.5 Å². The van der Waals surface area contributed by atoms with Gasteiger partial charge in [-0.1, -0.05) is 105 Å². The molecular formula is C48H64N2O4. The zero-order valence-corrected chi connectivity index (χ0v) is 32.8. The molecule has 3 aromatic carbocycles. The largest absolute Gasteiger partial charge is 0.493 e. The van der Waals surface area contributed by atoms with Gasteiger partial charge in [-0.3, -0.25) is 9.69 Å². The summed E-state index contributed by atoms with van der Waals surface area (Å²) in [5.41, 5.74) is 5.55. The summed E-state index contributed by atoms with van der Waals surface area (Å²) < 4.78 is 13.2. The van der Waals surface area contributed by atoms with Crippen molar-refractivity contribution in [3.63, 3.8) is 0 Å². The molecule has 0 aromatic heterocycles. The van der Waals surface area contributed by atoms with Crippen LogP contribution >= 0.6 is 0 Å². The van der Waals surface area contributed by atoms with E-state index in [1.165, 1.54) is 67.2 Å². The van der Waals surface area contributed by atoms with Crippen LogP contribution in [0.15, 0.2) is 72.8 Å². The average Bonchev–Trinajstić information content (AvgIpc) is 3.78. The van der Waals surface area contributed by atoms with E-state index in [4.69, 9.17) is 9.47 Å². The van der Waals surface area contributed by atoms with Crippen molar-refractivity contribution in [1.29, 1.82) is 0 Å². The molecule has 3 aliphatic carbocycles. The molecule has 1 spiro atoms. The van der Waals surface area contributed by atoms with Crippen LogP contribution in [0.4, 0.5) is 0 Å². The van der Waals surface area contributed by atoms with Crippen LogP contribution in [0.2, 0.25) is 0 Å². The number of carbonyl (C=O) groups excluding carboxylic acids is 1. The number of hydrogen-bond donors (Lipinski definition) is 1. The molecule has 2 saturated carbocycles. The second-order valence-corrected chi connectivity index (χ2v) is 17.4. The molecule has 7 atom stereocenters. The molecule has 54 heavy (non-hydrogen) atoms. The van der Waals surface area contributed by atoms with Crippen molar-refractivity contribution < 1.29 is 19.4 Å². The predicted octanol–water partition coefficient (Wildman–Crippen LogP) is 9.09. The van der Waals surface area contributed by atoms with Crippen molar-refractivity contribution in [2.24, 2.45) is 11.8 Å². The van der Waals surface area contributed by atoms with Crippen LogP contribution < -0.4 is 9.47 Å². The highest BCUT2D eigenvalue weighted by atomic mass is 16.5. The lowest BCUT2D eigenvalue weighted by atomic mass is 9.51. The van der Waals surface area contributed by atoms with E-state index in [-0.39, 0.29) is 23.7 Å². The summed E-state index contributed by atoms with van der Waals surface area (Å²) in [5.74, 6) is 3.05. The molecule has 1 amide bonds. The summed E-state index contributed by atoms with van der Waals surface area (Å²) in [7, 11) is 1.76. The van der Waals surface area contributed by atoms with E-state index >= 15 is 0 Å². The van der Waals surface area contributed by atoms with Crippen molar-refractivity contribution >= 4 is 5.91 Å². The molecular weight excluding hydrogens is 669 g/mol. The second kappa shape index (κ2) is 17.2. The van der Waals surface area contributed by atoms with E-state index in [2.05, 4.69) is 82.6 Å². The molecule has 2 unspecified atom stereocenters. The molecule has 3 aromatic rings. The summed E-state index contributed by atoms with van der Waals surface area (Å²) in [4.78, 5) is 19.5. The summed E-state index contributed by atoms with van der Waals surface area (Å²) in [6, 6.07) is 26.6. The van der Waals surface area contributed by atoms with E-state index in [9.17, 15) is 9.90 Å². The maximum atomic E-state index is 14.5. The molecule has 8 rings (SSSR count). The number of unbranched alkanes of at least 4 members (excludes halogenated alkanes) is 8. The number of rotatable bonds is 20. The van der Waals surface area contributed by atoms with Crippen LogP contribution in [0.1, 0.15) is 119 Å². The van der Waals surface area contributed by atoms with Gasteiger partial charge in [-0.15, -0.1) is 0 Å². The van der Waals surface area contributed by atoms with E-state index in [1.54, 1.807) is 7.11 Å². The van der Waals surface area contributed by atoms with Crippen LogP contribution in [-0.2, 0) is 29.5 Å². The van der Waals surface area contributed by atoms with Crippen molar-refractivity contribution in [2.75, 3.05) is 26.7 Å². The fourth-order valence-corrected chi connectivity index (χ4v) is 11.2. The SMILES string of the molecule is COc1ccc2c3c1O[C@H]1[C@H](N(CCCCc4ccccc4)C(=O)CCCCCCCCCCc4ccccc4)CC[C@H]4[C@@H](C2)N(CC2CC2O)CC[C@@]341. The molecule has 2 heterocycles. The first-order chi connectivity index (χ1) is 26.6.